The lowest BCUT2D eigenvalue weighted by Crippen LogP contribution is -2.27. The Morgan fingerprint density at radius 3 is 1.14 bits per heavy atom. The number of carbonyl (C=O) groups excluding carboxylic acids is 3. The molecule has 716 valence electrons. The number of aromatic amines is 2. The van der Waals surface area contributed by atoms with Crippen LogP contribution >= 0.6 is 68.3 Å². The van der Waals surface area contributed by atoms with Crippen LogP contribution in [-0.2, 0) is 38.8 Å². The molecule has 0 saturated carbocycles. The minimum absolute atomic E-state index is 0. The summed E-state index contributed by atoms with van der Waals surface area (Å²) in [6.45, 7) is 11.5. The highest BCUT2D eigenvalue weighted by molar-refractivity contribution is 7.15. The molecule has 141 heavy (non-hydrogen) atoms. The number of aromatic nitrogens is 9. The predicted octanol–water partition coefficient (Wildman–Crippen LogP) is 27.3. The molecule has 11 N–H and O–H groups in total. The largest absolute Gasteiger partial charge is 0.417 e. The van der Waals surface area contributed by atoms with Gasteiger partial charge in [0.15, 0.2) is 5.13 Å². The molecule has 19 aromatic rings. The Labute approximate surface area is 840 Å². The van der Waals surface area contributed by atoms with Gasteiger partial charge in [-0.05, 0) is 163 Å². The van der Waals surface area contributed by atoms with E-state index in [1.807, 2.05) is 139 Å². The van der Waals surface area contributed by atoms with Crippen LogP contribution in [0.3, 0.4) is 0 Å². The van der Waals surface area contributed by atoms with Crippen LogP contribution in [0, 0.1) is 60.7 Å². The van der Waals surface area contributed by atoms with Crippen molar-refractivity contribution in [1.82, 2.24) is 50.6 Å². The predicted molar refractivity (Wildman–Crippen MR) is 569 cm³/mol. The molecule has 0 aliphatic rings. The van der Waals surface area contributed by atoms with Gasteiger partial charge in [0, 0.05) is 165 Å². The first kappa shape index (κ1) is 105. The van der Waals surface area contributed by atoms with Crippen LogP contribution in [0.5, 0.6) is 11.5 Å². The molecule has 33 heteroatoms. The molecule has 3 amide bonds. The highest BCUT2D eigenvalue weighted by Crippen LogP contribution is 2.34. The summed E-state index contributed by atoms with van der Waals surface area (Å²) in [5.74, 6) is 0.503. The van der Waals surface area contributed by atoms with E-state index in [4.69, 9.17) is 43.5 Å². The van der Waals surface area contributed by atoms with Gasteiger partial charge in [-0.1, -0.05) is 214 Å². The van der Waals surface area contributed by atoms with Crippen LogP contribution < -0.4 is 42.6 Å². The van der Waals surface area contributed by atoms with Gasteiger partial charge in [-0.25, -0.2) is 43.7 Å². The topological polar surface area (TPSA) is 392 Å². The maximum absolute atomic E-state index is 12.1. The Morgan fingerprint density at radius 2 is 0.766 bits per heavy atom. The number of anilines is 4. The van der Waals surface area contributed by atoms with Crippen molar-refractivity contribution in [2.24, 2.45) is 5.73 Å². The number of para-hydroxylation sites is 2. The fraction of sp³-hybridized carbons (Fsp3) is 0.111. The van der Waals surface area contributed by atoms with Gasteiger partial charge >= 0.3 is 17.6 Å². The van der Waals surface area contributed by atoms with E-state index in [1.165, 1.54) is 78.4 Å². The summed E-state index contributed by atoms with van der Waals surface area (Å²) in [6, 6.07) is 93.3. The fourth-order valence-corrected chi connectivity index (χ4v) is 17.4. The Balaban J connectivity index is 0.000000160. The second kappa shape index (κ2) is 54.7. The second-order valence-electron chi connectivity index (χ2n) is 30.8. The van der Waals surface area contributed by atoms with Crippen molar-refractivity contribution in [1.29, 1.82) is 0 Å². The highest BCUT2D eigenvalue weighted by atomic mass is 35.5. The molecular formula is C108H101ClFN17O9S5. The monoisotopic (exact) mass is 1990 g/mol. The number of rotatable bonds is 22. The number of aryl methyl sites for hydroxylation is 5. The summed E-state index contributed by atoms with van der Waals surface area (Å²) in [4.78, 5) is 78.0. The summed E-state index contributed by atoms with van der Waals surface area (Å²) >= 11 is 13.1. The number of nitrogens with zero attached hydrogens (tertiary/aromatic N) is 9. The Bertz CT molecular complexity index is 7120. The van der Waals surface area contributed by atoms with Crippen molar-refractivity contribution < 1.29 is 38.1 Å². The Morgan fingerprint density at radius 1 is 0.411 bits per heavy atom. The number of urea groups is 1. The molecule has 7 aromatic heterocycles. The van der Waals surface area contributed by atoms with Crippen molar-refractivity contribution in [2.75, 3.05) is 22.1 Å². The third kappa shape index (κ3) is 34.5. The molecular weight excluding hydrogens is 1890 g/mol. The number of nitrogen functional groups attached to an aromatic ring is 2. The Kier molecular flexibility index (Phi) is 40.8. The lowest BCUT2D eigenvalue weighted by atomic mass is 10.1. The van der Waals surface area contributed by atoms with E-state index >= 15 is 0 Å². The van der Waals surface area contributed by atoms with Crippen LogP contribution in [-0.4, -0.2) is 72.7 Å². The van der Waals surface area contributed by atoms with Crippen LogP contribution in [0.15, 0.2) is 356 Å². The lowest BCUT2D eigenvalue weighted by Gasteiger charge is -2.07. The first-order valence-electron chi connectivity index (χ1n) is 43.5. The number of amides is 3. The number of hydrogen-bond acceptors (Lipinski definition) is 24. The van der Waals surface area contributed by atoms with Crippen molar-refractivity contribution in [3.63, 3.8) is 0 Å². The van der Waals surface area contributed by atoms with Crippen LogP contribution in [0.2, 0.25) is 0 Å². The van der Waals surface area contributed by atoms with Gasteiger partial charge in [0.1, 0.15) is 17.3 Å². The first-order valence-corrected chi connectivity index (χ1v) is 48.2. The molecule has 0 bridgehead atoms. The van der Waals surface area contributed by atoms with Gasteiger partial charge in [-0.3, -0.25) is 35.7 Å². The van der Waals surface area contributed by atoms with Gasteiger partial charge in [-0.15, -0.1) is 56.7 Å². The zero-order valence-corrected chi connectivity index (χ0v) is 81.4. The molecule has 0 atom stereocenters. The smallest absolute Gasteiger partial charge is 0.415 e. The highest BCUT2D eigenvalue weighted by Gasteiger charge is 2.16. The third-order valence-electron chi connectivity index (χ3n) is 20.5. The van der Waals surface area contributed by atoms with Crippen molar-refractivity contribution in [2.45, 2.75) is 80.8 Å². The number of halogens is 2. The number of nitro groups is 2. The average Bonchev–Trinajstić information content (AvgIpc) is 1.72. The van der Waals surface area contributed by atoms with Gasteiger partial charge in [-0.2, -0.15) is 10.2 Å². The number of ether oxygens (including phenoxy) is 2. The van der Waals surface area contributed by atoms with Crippen molar-refractivity contribution in [3.8, 4) is 67.0 Å². The number of nitro benzene ring substituents is 2. The second-order valence-corrected chi connectivity index (χ2v) is 36.0. The maximum atomic E-state index is 12.1. The molecule has 0 spiro atoms. The molecule has 0 fully saturated rings. The summed E-state index contributed by atoms with van der Waals surface area (Å²) in [6.07, 6.45) is 11.4. The van der Waals surface area contributed by atoms with E-state index in [0.717, 1.165) is 137 Å². The number of non-ortho nitro benzene ring substituents is 2. The summed E-state index contributed by atoms with van der Waals surface area (Å²) in [5.41, 5.74) is 40.6. The van der Waals surface area contributed by atoms with E-state index in [2.05, 4.69) is 198 Å². The van der Waals surface area contributed by atoms with Crippen molar-refractivity contribution >= 4 is 119 Å². The van der Waals surface area contributed by atoms with Crippen LogP contribution in [0.1, 0.15) is 88.7 Å². The Hall–Kier alpha value is -16.2. The van der Waals surface area contributed by atoms with Gasteiger partial charge < -0.3 is 37.3 Å². The fourth-order valence-electron chi connectivity index (χ4n) is 13.3. The van der Waals surface area contributed by atoms with Gasteiger partial charge in [0.25, 0.3) is 11.4 Å². The molecule has 0 aliphatic heterocycles. The zero-order valence-electron chi connectivity index (χ0n) is 76.5. The number of carbonyl (C=O) groups is 3. The van der Waals surface area contributed by atoms with E-state index in [1.54, 1.807) is 119 Å². The molecule has 12 aromatic carbocycles. The number of nitrogens with one attached hydrogen (secondary N) is 5. The zero-order chi connectivity index (χ0) is 98.9. The summed E-state index contributed by atoms with van der Waals surface area (Å²) in [7, 11) is 0. The van der Waals surface area contributed by atoms with Gasteiger partial charge in [0.05, 0.1) is 69.9 Å². The van der Waals surface area contributed by atoms with Crippen molar-refractivity contribution in [3.05, 3.63) is 463 Å². The normalized spacial score (nSPS) is 10.2. The van der Waals surface area contributed by atoms with E-state index < -0.39 is 22.3 Å². The van der Waals surface area contributed by atoms with E-state index in [-0.39, 0.29) is 29.8 Å². The molecule has 19 rings (SSSR count). The van der Waals surface area contributed by atoms with Crippen LogP contribution in [0.25, 0.3) is 55.5 Å². The summed E-state index contributed by atoms with van der Waals surface area (Å²) in [5, 5.41) is 55.1. The number of H-pyrrole nitrogens is 2. The van der Waals surface area contributed by atoms with E-state index in [0.29, 0.717) is 41.8 Å². The number of hydrogen-bond donors (Lipinski definition) is 8. The molecule has 7 heterocycles. The number of thiazole rings is 5. The van der Waals surface area contributed by atoms with Gasteiger partial charge in [0.2, 0.25) is 0 Å². The quantitative estimate of drug-likeness (QED) is 0.0135. The third-order valence-corrected chi connectivity index (χ3v) is 24.8. The van der Waals surface area contributed by atoms with E-state index in [9.17, 15) is 39.0 Å². The minimum Gasteiger partial charge on any atom is -0.415 e. The molecule has 0 aliphatic carbocycles. The molecule has 0 unspecified atom stereocenters. The standard InChI is InChI=1S/C24H20N2O2S.C22H21N5OS.C17H14N2O2S.C17H16N2S.C10H10N2S.C7H5ClO2.C6H4FNO2.C4H7N3.CH4/c1-17-7-5-6-10-21(17)22-16-29-23(26-22)15-18-11-13-19(14-12-18)25-24(27)28-20-8-3-2-4-9-20;1-15-4-2-3-5-19(15)20-14-23-21(29-20)10-16-6-8-18(9-7-16)27-22(28)24-11-17-12-25-26-13-17;1-12-4-2-3-5-15(12)16-11-22-17(18-16)10-13-6-8-14(9-7-13)19(20)21;1-12-4-2-3-5-15(12)16-11-20-17(19-16)10-13-6-8-14(18)9-7-13;1-7-4-2-3-5-8(7)9-6-13-10(11)12-9;8-7(9)10-6-4-2-1-3-5-6;7-5-1-3-6(4-2-5)8(9)10;5-1-4-2-6-7-3-4;/h2-14,16H,15H2,1H3,(H,25,27);2-9,12-14H,10-11H2,1H3,(H,25,26)(H2,24,27,28);2-9,11H,10H2,1H3;2-9,11H,10,18H2,1H3;2-6H,1H3,(H2,11,12);1-5H;1-4H;2-3H,1,5H2,(H,6,7);1H4. The molecule has 26 nitrogen and oxygen atoms in total. The molecule has 0 radical (unpaired) electrons. The van der Waals surface area contributed by atoms with Crippen LogP contribution in [0.4, 0.5) is 52.3 Å². The number of benzene rings is 12. The maximum Gasteiger partial charge on any atom is 0.417 e. The first-order chi connectivity index (χ1) is 67.9. The molecule has 0 saturated heterocycles. The average molecular weight is 2000 g/mol. The lowest BCUT2D eigenvalue weighted by molar-refractivity contribution is -0.385. The summed E-state index contributed by atoms with van der Waals surface area (Å²) < 4.78 is 21.9. The minimum atomic E-state index is -0.814. The number of nitrogens with two attached hydrogens (primary N) is 3. The SMILES string of the molecule is C.Cc1ccccc1-c1cnc(Cc2ccc(NC(=O)NCc3cn[nH]c3)cc2)s1.Cc1ccccc1-c1csc(Cc2ccc(N)cc2)n1.Cc1ccccc1-c1csc(Cc2ccc(NC(=O)Oc3ccccc3)cc2)n1.Cc1ccccc1-c1csc(Cc2ccc([N+](=O)[O-])cc2)n1.Cc1ccccc1-c1csc(N)n1.NCc1cn[nH]c1.O=C(Cl)Oc1ccccc1.O=[N+]([O-])c1ccc(F)cc1.